The Hall–Kier alpha value is -3.93. The number of furan rings is 1. The van der Waals surface area contributed by atoms with Crippen LogP contribution < -0.4 is 5.32 Å². The normalized spacial score (nSPS) is 10.2. The van der Waals surface area contributed by atoms with E-state index in [1.165, 1.54) is 12.1 Å². The largest absolute Gasteiger partial charge is 0.456 e. The first-order chi connectivity index (χ1) is 19.6. The summed E-state index contributed by atoms with van der Waals surface area (Å²) in [6.07, 6.45) is 0.712. The van der Waals surface area contributed by atoms with E-state index in [9.17, 15) is 14.0 Å². The Morgan fingerprint density at radius 3 is 2.02 bits per heavy atom. The Labute approximate surface area is 245 Å². The van der Waals surface area contributed by atoms with Crippen molar-refractivity contribution in [2.45, 2.75) is 81.3 Å². The predicted molar refractivity (Wildman–Crippen MR) is 169 cm³/mol. The second-order valence-corrected chi connectivity index (χ2v) is 9.33. The van der Waals surface area contributed by atoms with Crippen molar-refractivity contribution >= 4 is 22.8 Å². The number of carbonyl (C=O) groups excluding carboxylic acids is 2. The van der Waals surface area contributed by atoms with Gasteiger partial charge in [0.05, 0.1) is 11.1 Å². The summed E-state index contributed by atoms with van der Waals surface area (Å²) in [6.45, 7) is 19.5. The first kappa shape index (κ1) is 35.1. The zero-order valence-corrected chi connectivity index (χ0v) is 26.5. The Kier molecular flexibility index (Phi) is 14.0. The Balaban J connectivity index is 0.00000131. The van der Waals surface area contributed by atoms with Crippen LogP contribution in [0, 0.1) is 5.82 Å². The number of hydrogen-bond acceptors (Lipinski definition) is 4. The highest BCUT2D eigenvalue weighted by Gasteiger charge is 2.24. The summed E-state index contributed by atoms with van der Waals surface area (Å²) < 4.78 is 25.2. The topological polar surface area (TPSA) is 68.5 Å². The van der Waals surface area contributed by atoms with E-state index in [2.05, 4.69) is 5.32 Å². The maximum absolute atomic E-state index is 13.5. The summed E-state index contributed by atoms with van der Waals surface area (Å²) in [5.41, 5.74) is 4.12. The number of hydrogen-bond donors (Lipinski definition) is 1. The number of nitrogens with one attached hydrogen (secondary N) is 1. The van der Waals surface area contributed by atoms with E-state index >= 15 is 0 Å². The molecule has 0 fully saturated rings. The molecule has 41 heavy (non-hydrogen) atoms. The van der Waals surface area contributed by atoms with Gasteiger partial charge in [-0.05, 0) is 92.4 Å². The third-order valence-corrected chi connectivity index (χ3v) is 5.66. The summed E-state index contributed by atoms with van der Waals surface area (Å²) in [7, 11) is 1.56. The molecule has 0 aliphatic heterocycles. The lowest BCUT2D eigenvalue weighted by Crippen LogP contribution is -2.23. The van der Waals surface area contributed by atoms with Crippen LogP contribution in [0.2, 0.25) is 0 Å². The minimum atomic E-state index is -0.601. The second-order valence-electron chi connectivity index (χ2n) is 9.33. The van der Waals surface area contributed by atoms with Gasteiger partial charge in [0.15, 0.2) is 0 Å². The summed E-state index contributed by atoms with van der Waals surface area (Å²) >= 11 is 0. The van der Waals surface area contributed by atoms with Crippen molar-refractivity contribution in [3.05, 3.63) is 83.2 Å². The smallest absolute Gasteiger partial charge is 0.338 e. The maximum Gasteiger partial charge on any atom is 0.338 e. The van der Waals surface area contributed by atoms with Gasteiger partial charge in [-0.1, -0.05) is 60.6 Å². The summed E-state index contributed by atoms with van der Waals surface area (Å²) in [5, 5.41) is 3.32. The van der Waals surface area contributed by atoms with Gasteiger partial charge in [0.25, 0.3) is 5.91 Å². The van der Waals surface area contributed by atoms with Gasteiger partial charge in [0.2, 0.25) is 0 Å². The Morgan fingerprint density at radius 1 is 0.878 bits per heavy atom. The first-order valence-electron chi connectivity index (χ1n) is 14.5. The van der Waals surface area contributed by atoms with Crippen molar-refractivity contribution in [3.8, 4) is 22.5 Å². The standard InChI is InChI=1S/C29H28FNO4.3C2H6/c1-6-17-15-24-23(25(27(32)31-5)26(34-24)18-10-12-21(30)13-11-18)16-22(17)19-8-7-9-20(14-19)28(33)35-29(2,3)4;3*1-2/h7-16H,6H2,1-5H3,(H,31,32);3*1-2H3. The molecule has 0 spiro atoms. The fourth-order valence-electron chi connectivity index (χ4n) is 4.05. The fourth-order valence-corrected chi connectivity index (χ4v) is 4.05. The van der Waals surface area contributed by atoms with Gasteiger partial charge >= 0.3 is 5.97 Å². The van der Waals surface area contributed by atoms with Crippen molar-refractivity contribution in [1.82, 2.24) is 5.32 Å². The highest BCUT2D eigenvalue weighted by molar-refractivity contribution is 6.12. The lowest BCUT2D eigenvalue weighted by atomic mass is 9.93. The molecule has 222 valence electrons. The van der Waals surface area contributed by atoms with Gasteiger partial charge in [-0.3, -0.25) is 4.79 Å². The highest BCUT2D eigenvalue weighted by Crippen LogP contribution is 2.38. The number of aryl methyl sites for hydroxylation is 1. The van der Waals surface area contributed by atoms with Crippen LogP contribution in [0.5, 0.6) is 0 Å². The van der Waals surface area contributed by atoms with Crippen LogP contribution in [-0.2, 0) is 11.2 Å². The molecule has 1 N–H and O–H groups in total. The first-order valence-corrected chi connectivity index (χ1v) is 14.5. The molecule has 4 aromatic rings. The fraction of sp³-hybridized carbons (Fsp3) is 0.371. The molecule has 0 aliphatic carbocycles. The molecule has 0 saturated heterocycles. The molecule has 0 aliphatic rings. The molecule has 0 radical (unpaired) electrons. The third kappa shape index (κ3) is 8.78. The molecular formula is C35H46FNO4. The molecule has 0 saturated carbocycles. The van der Waals surface area contributed by atoms with Crippen molar-refractivity contribution in [3.63, 3.8) is 0 Å². The molecule has 6 heteroatoms. The van der Waals surface area contributed by atoms with Crippen LogP contribution in [0.3, 0.4) is 0 Å². The molecule has 0 bridgehead atoms. The monoisotopic (exact) mass is 563 g/mol. The lowest BCUT2D eigenvalue weighted by molar-refractivity contribution is 0.00694. The highest BCUT2D eigenvalue weighted by atomic mass is 19.1. The molecule has 0 atom stereocenters. The SMILES string of the molecule is CC.CC.CC.CCc1cc2oc(-c3ccc(F)cc3)c(C(=O)NC)c2cc1-c1cccc(C(=O)OC(C)(C)C)c1. The van der Waals surface area contributed by atoms with Crippen LogP contribution >= 0.6 is 0 Å². The van der Waals surface area contributed by atoms with Crippen molar-refractivity contribution in [1.29, 1.82) is 0 Å². The maximum atomic E-state index is 13.5. The second kappa shape index (κ2) is 16.4. The molecule has 1 aromatic heterocycles. The van der Waals surface area contributed by atoms with E-state index in [4.69, 9.17) is 9.15 Å². The zero-order chi connectivity index (χ0) is 31.3. The predicted octanol–water partition coefficient (Wildman–Crippen LogP) is 9.86. The van der Waals surface area contributed by atoms with E-state index in [0.29, 0.717) is 39.8 Å². The number of rotatable bonds is 5. The number of carbonyl (C=O) groups is 2. The van der Waals surface area contributed by atoms with Gasteiger partial charge in [-0.15, -0.1) is 0 Å². The quantitative estimate of drug-likeness (QED) is 0.245. The Morgan fingerprint density at radius 2 is 1.49 bits per heavy atom. The van der Waals surface area contributed by atoms with E-state index < -0.39 is 11.6 Å². The van der Waals surface area contributed by atoms with Gasteiger partial charge < -0.3 is 14.5 Å². The van der Waals surface area contributed by atoms with Gasteiger partial charge in [0.1, 0.15) is 22.8 Å². The summed E-state index contributed by atoms with van der Waals surface area (Å²) in [6, 6.07) is 17.0. The van der Waals surface area contributed by atoms with Crippen molar-refractivity contribution < 1.29 is 23.1 Å². The van der Waals surface area contributed by atoms with Gasteiger partial charge in [-0.25, -0.2) is 9.18 Å². The Bertz CT molecular complexity index is 1410. The molecule has 4 rings (SSSR count). The minimum absolute atomic E-state index is 0.305. The lowest BCUT2D eigenvalue weighted by Gasteiger charge is -2.19. The molecule has 0 unspecified atom stereocenters. The van der Waals surface area contributed by atoms with Crippen LogP contribution in [0.25, 0.3) is 33.4 Å². The number of fused-ring (bicyclic) bond motifs is 1. The average Bonchev–Trinajstić information content (AvgIpc) is 3.37. The van der Waals surface area contributed by atoms with E-state index in [0.717, 1.165) is 16.7 Å². The van der Waals surface area contributed by atoms with Crippen LogP contribution in [0.15, 0.2) is 65.1 Å². The number of halogens is 1. The van der Waals surface area contributed by atoms with Gasteiger partial charge in [-0.2, -0.15) is 0 Å². The van der Waals surface area contributed by atoms with Crippen LogP contribution in [0.1, 0.15) is 95.5 Å². The van der Waals surface area contributed by atoms with Crippen LogP contribution in [-0.4, -0.2) is 24.5 Å². The summed E-state index contributed by atoms with van der Waals surface area (Å²) in [4.78, 5) is 25.6. The minimum Gasteiger partial charge on any atom is -0.456 e. The van der Waals surface area contributed by atoms with Gasteiger partial charge in [0, 0.05) is 18.0 Å². The summed E-state index contributed by atoms with van der Waals surface area (Å²) in [5.74, 6) is -0.694. The van der Waals surface area contributed by atoms with Crippen LogP contribution in [0.4, 0.5) is 4.39 Å². The molecule has 1 heterocycles. The number of ether oxygens (including phenoxy) is 1. The number of amides is 1. The van der Waals surface area contributed by atoms with E-state index in [-0.39, 0.29) is 11.7 Å². The number of benzene rings is 3. The number of esters is 1. The third-order valence-electron chi connectivity index (χ3n) is 5.66. The van der Waals surface area contributed by atoms with Crippen molar-refractivity contribution in [2.24, 2.45) is 0 Å². The zero-order valence-electron chi connectivity index (χ0n) is 26.5. The molecular weight excluding hydrogens is 517 g/mol. The van der Waals surface area contributed by atoms with E-state index in [1.807, 2.05) is 93.5 Å². The average molecular weight is 564 g/mol. The van der Waals surface area contributed by atoms with Crippen molar-refractivity contribution in [2.75, 3.05) is 7.05 Å². The van der Waals surface area contributed by atoms with E-state index in [1.54, 1.807) is 31.3 Å². The molecule has 5 nitrogen and oxygen atoms in total. The molecule has 1 amide bonds. The molecule has 3 aromatic carbocycles.